The molecule has 1 N–H and O–H groups in total. The smallest absolute Gasteiger partial charge is 0.125 e. The van der Waals surface area contributed by atoms with Crippen molar-refractivity contribution in [3.63, 3.8) is 0 Å². The van der Waals surface area contributed by atoms with Gasteiger partial charge in [-0.15, -0.1) is 0 Å². The summed E-state index contributed by atoms with van der Waals surface area (Å²) >= 11 is 0. The van der Waals surface area contributed by atoms with Gasteiger partial charge < -0.3 is 19.7 Å². The van der Waals surface area contributed by atoms with Crippen molar-refractivity contribution in [3.8, 4) is 5.75 Å². The topological polar surface area (TPSA) is 33.7 Å². The van der Waals surface area contributed by atoms with Crippen molar-refractivity contribution in [1.29, 1.82) is 0 Å². The summed E-state index contributed by atoms with van der Waals surface area (Å²) in [7, 11) is 5.43. The number of rotatable bonds is 8. The van der Waals surface area contributed by atoms with Crippen LogP contribution < -0.4 is 15.0 Å². The zero-order valence-electron chi connectivity index (χ0n) is 13.6. The number of benzene rings is 1. The Labute approximate surface area is 123 Å². The van der Waals surface area contributed by atoms with Crippen LogP contribution in [-0.2, 0) is 4.74 Å². The largest absolute Gasteiger partial charge is 0.496 e. The van der Waals surface area contributed by atoms with Crippen molar-refractivity contribution in [1.82, 2.24) is 5.32 Å². The molecular formula is C16H28N2O2. The van der Waals surface area contributed by atoms with Gasteiger partial charge in [0, 0.05) is 37.0 Å². The molecule has 0 saturated heterocycles. The van der Waals surface area contributed by atoms with Gasteiger partial charge in [0.2, 0.25) is 0 Å². The average Bonchev–Trinajstić information content (AvgIpc) is 2.47. The minimum Gasteiger partial charge on any atom is -0.496 e. The lowest BCUT2D eigenvalue weighted by Crippen LogP contribution is -2.37. The number of nitrogens with one attached hydrogen (secondary N) is 1. The highest BCUT2D eigenvalue weighted by molar-refractivity contribution is 5.61. The molecule has 0 radical (unpaired) electrons. The van der Waals surface area contributed by atoms with Gasteiger partial charge in [0.05, 0.1) is 13.7 Å². The maximum atomic E-state index is 5.55. The molecule has 0 bridgehead atoms. The van der Waals surface area contributed by atoms with Gasteiger partial charge in [0.1, 0.15) is 5.75 Å². The number of nitrogens with zero attached hydrogens (tertiary/aromatic N) is 1. The molecule has 0 fully saturated rings. The Morgan fingerprint density at radius 3 is 2.45 bits per heavy atom. The zero-order chi connectivity index (χ0) is 15.1. The first-order chi connectivity index (χ1) is 9.60. The highest BCUT2D eigenvalue weighted by atomic mass is 16.5. The maximum Gasteiger partial charge on any atom is 0.125 e. The first-order valence-electron chi connectivity index (χ1n) is 7.20. The van der Waals surface area contributed by atoms with Crippen LogP contribution in [0.25, 0.3) is 0 Å². The molecule has 1 aromatic carbocycles. The van der Waals surface area contributed by atoms with E-state index in [4.69, 9.17) is 9.47 Å². The summed E-state index contributed by atoms with van der Waals surface area (Å²) in [6.07, 6.45) is 0. The molecule has 1 rings (SSSR count). The fraction of sp³-hybridized carbons (Fsp3) is 0.625. The van der Waals surface area contributed by atoms with E-state index >= 15 is 0 Å². The lowest BCUT2D eigenvalue weighted by molar-refractivity contribution is 0.182. The summed E-state index contributed by atoms with van der Waals surface area (Å²) in [4.78, 5) is 2.36. The van der Waals surface area contributed by atoms with Gasteiger partial charge >= 0.3 is 0 Å². The fourth-order valence-corrected chi connectivity index (χ4v) is 2.59. The van der Waals surface area contributed by atoms with E-state index in [1.807, 2.05) is 19.2 Å². The monoisotopic (exact) mass is 280 g/mol. The summed E-state index contributed by atoms with van der Waals surface area (Å²) in [6.45, 7) is 8.13. The van der Waals surface area contributed by atoms with Crippen LogP contribution in [-0.4, -0.2) is 40.5 Å². The summed E-state index contributed by atoms with van der Waals surface area (Å²) in [6, 6.07) is 6.76. The van der Waals surface area contributed by atoms with E-state index in [0.717, 1.165) is 12.3 Å². The van der Waals surface area contributed by atoms with Crippen molar-refractivity contribution < 1.29 is 9.47 Å². The van der Waals surface area contributed by atoms with Crippen LogP contribution >= 0.6 is 0 Å². The molecule has 0 spiro atoms. The molecule has 2 atom stereocenters. The number of hydrogen-bond acceptors (Lipinski definition) is 4. The van der Waals surface area contributed by atoms with Crippen LogP contribution in [0, 0.1) is 0 Å². The van der Waals surface area contributed by atoms with Crippen LogP contribution in [0.2, 0.25) is 0 Å². The summed E-state index contributed by atoms with van der Waals surface area (Å²) < 4.78 is 10.8. The van der Waals surface area contributed by atoms with Crippen molar-refractivity contribution in [3.05, 3.63) is 23.8 Å². The highest BCUT2D eigenvalue weighted by Gasteiger charge is 2.21. The van der Waals surface area contributed by atoms with E-state index in [1.54, 1.807) is 14.2 Å². The van der Waals surface area contributed by atoms with E-state index in [9.17, 15) is 0 Å². The van der Waals surface area contributed by atoms with Crippen molar-refractivity contribution >= 4 is 5.69 Å². The second-order valence-corrected chi connectivity index (χ2v) is 4.99. The quantitative estimate of drug-likeness (QED) is 0.794. The number of hydrogen-bond donors (Lipinski definition) is 1. The number of methoxy groups -OCH3 is 2. The van der Waals surface area contributed by atoms with Gasteiger partial charge in [-0.1, -0.05) is 6.07 Å². The molecular weight excluding hydrogens is 252 g/mol. The molecule has 0 heterocycles. The molecule has 2 unspecified atom stereocenters. The third-order valence-electron chi connectivity index (χ3n) is 3.72. The molecule has 4 nitrogen and oxygen atoms in total. The van der Waals surface area contributed by atoms with E-state index in [-0.39, 0.29) is 6.04 Å². The van der Waals surface area contributed by atoms with Crippen LogP contribution in [0.3, 0.4) is 0 Å². The zero-order valence-corrected chi connectivity index (χ0v) is 13.6. The van der Waals surface area contributed by atoms with Gasteiger partial charge in [-0.05, 0) is 40.0 Å². The lowest BCUT2D eigenvalue weighted by atomic mass is 10.0. The molecule has 0 aromatic heterocycles. The summed E-state index contributed by atoms with van der Waals surface area (Å²) in [5.41, 5.74) is 2.40. The molecule has 0 aliphatic heterocycles. The van der Waals surface area contributed by atoms with Crippen molar-refractivity contribution in [2.45, 2.75) is 32.9 Å². The Morgan fingerprint density at radius 2 is 1.95 bits per heavy atom. The molecule has 20 heavy (non-hydrogen) atoms. The third kappa shape index (κ3) is 3.64. The predicted octanol–water partition coefficient (Wildman–Crippen LogP) is 2.84. The maximum absolute atomic E-state index is 5.55. The Hall–Kier alpha value is -1.26. The first-order valence-corrected chi connectivity index (χ1v) is 7.20. The molecule has 0 aliphatic rings. The SMILES string of the molecule is CCN(c1cccc(OC)c1C(C)NC)C(C)COC. The van der Waals surface area contributed by atoms with Crippen molar-refractivity contribution in [2.75, 3.05) is 39.3 Å². The molecule has 114 valence electrons. The number of likely N-dealkylation sites (N-methyl/N-ethyl adjacent to an activating group) is 1. The Kier molecular flexibility index (Phi) is 6.82. The van der Waals surface area contributed by atoms with Gasteiger partial charge in [0.15, 0.2) is 0 Å². The molecule has 0 aliphatic carbocycles. The van der Waals surface area contributed by atoms with Crippen LogP contribution in [0.5, 0.6) is 5.75 Å². The predicted molar refractivity (Wildman–Crippen MR) is 84.8 cm³/mol. The fourth-order valence-electron chi connectivity index (χ4n) is 2.59. The van der Waals surface area contributed by atoms with E-state index < -0.39 is 0 Å². The summed E-state index contributed by atoms with van der Waals surface area (Å²) in [5.74, 6) is 0.924. The minimum absolute atomic E-state index is 0.227. The number of anilines is 1. The average molecular weight is 280 g/mol. The normalized spacial score (nSPS) is 13.9. The Morgan fingerprint density at radius 1 is 1.25 bits per heavy atom. The standard InChI is InChI=1S/C16H28N2O2/c1-7-18(12(2)11-19-5)14-9-8-10-15(20-6)16(14)13(3)17-4/h8-10,12-13,17H,7,11H2,1-6H3. The highest BCUT2D eigenvalue weighted by Crippen LogP contribution is 2.35. The number of ether oxygens (including phenoxy) is 2. The second-order valence-electron chi connectivity index (χ2n) is 4.99. The first kappa shape index (κ1) is 16.8. The molecule has 0 amide bonds. The molecule has 0 saturated carbocycles. The van der Waals surface area contributed by atoms with Crippen LogP contribution in [0.4, 0.5) is 5.69 Å². The van der Waals surface area contributed by atoms with Crippen LogP contribution in [0.15, 0.2) is 18.2 Å². The van der Waals surface area contributed by atoms with Gasteiger partial charge in [-0.2, -0.15) is 0 Å². The Bertz CT molecular complexity index is 409. The lowest BCUT2D eigenvalue weighted by Gasteiger charge is -2.33. The third-order valence-corrected chi connectivity index (χ3v) is 3.72. The van der Waals surface area contributed by atoms with Crippen LogP contribution in [0.1, 0.15) is 32.4 Å². The Balaban J connectivity index is 3.26. The van der Waals surface area contributed by atoms with Gasteiger partial charge in [0.25, 0.3) is 0 Å². The van der Waals surface area contributed by atoms with E-state index in [1.165, 1.54) is 11.3 Å². The van der Waals surface area contributed by atoms with Gasteiger partial charge in [-0.3, -0.25) is 0 Å². The molecule has 4 heteroatoms. The van der Waals surface area contributed by atoms with Crippen molar-refractivity contribution in [2.24, 2.45) is 0 Å². The molecule has 1 aromatic rings. The second kappa shape index (κ2) is 8.12. The minimum atomic E-state index is 0.227. The van der Waals surface area contributed by atoms with E-state index in [2.05, 4.69) is 37.1 Å². The van der Waals surface area contributed by atoms with E-state index in [0.29, 0.717) is 12.6 Å². The van der Waals surface area contributed by atoms with Gasteiger partial charge in [-0.25, -0.2) is 0 Å². The summed E-state index contributed by atoms with van der Waals surface area (Å²) in [5, 5.41) is 3.31.